The summed E-state index contributed by atoms with van der Waals surface area (Å²) in [5.74, 6) is -0.769. The average molecular weight is 383 g/mol. The van der Waals surface area contributed by atoms with Gasteiger partial charge in [0.05, 0.1) is 5.56 Å². The molecule has 1 aromatic heterocycles. The highest BCUT2D eigenvalue weighted by atomic mass is 35.5. The largest absolute Gasteiger partial charge is 0.369 e. The van der Waals surface area contributed by atoms with Gasteiger partial charge in [-0.1, -0.05) is 11.6 Å². The molecular formula is C20H19ClN4O2. The molecule has 2 aromatic rings. The van der Waals surface area contributed by atoms with Gasteiger partial charge in [0.1, 0.15) is 16.4 Å². The van der Waals surface area contributed by atoms with Crippen LogP contribution in [-0.2, 0) is 0 Å². The molecule has 0 atom stereocenters. The zero-order valence-electron chi connectivity index (χ0n) is 14.9. The molecule has 1 saturated heterocycles. The van der Waals surface area contributed by atoms with Gasteiger partial charge in [-0.05, 0) is 43.4 Å². The Kier molecular flexibility index (Phi) is 4.68. The van der Waals surface area contributed by atoms with Gasteiger partial charge in [-0.15, -0.1) is 0 Å². The van der Waals surface area contributed by atoms with Crippen molar-refractivity contribution in [1.82, 2.24) is 9.88 Å². The Bertz CT molecular complexity index is 931. The van der Waals surface area contributed by atoms with Crippen molar-refractivity contribution in [2.75, 3.05) is 43.4 Å². The smallest absolute Gasteiger partial charge is 0.225 e. The van der Waals surface area contributed by atoms with Crippen LogP contribution in [0.25, 0.3) is 0 Å². The number of halogens is 1. The highest BCUT2D eigenvalue weighted by Gasteiger charge is 2.32. The third-order valence-electron chi connectivity index (χ3n) is 4.92. The summed E-state index contributed by atoms with van der Waals surface area (Å²) in [4.78, 5) is 33.7. The number of hydrogen-bond acceptors (Lipinski definition) is 6. The fraction of sp³-hybridized carbons (Fsp3) is 0.250. The van der Waals surface area contributed by atoms with E-state index in [0.717, 1.165) is 31.9 Å². The Morgan fingerprint density at radius 1 is 1.00 bits per heavy atom. The van der Waals surface area contributed by atoms with Gasteiger partial charge in [0, 0.05) is 43.8 Å². The van der Waals surface area contributed by atoms with E-state index in [1.807, 2.05) is 24.3 Å². The first-order chi connectivity index (χ1) is 13.0. The van der Waals surface area contributed by atoms with Crippen LogP contribution >= 0.6 is 11.6 Å². The molecule has 1 aliphatic carbocycles. The molecule has 0 bridgehead atoms. The van der Waals surface area contributed by atoms with E-state index in [2.05, 4.69) is 27.1 Å². The van der Waals surface area contributed by atoms with E-state index < -0.39 is 5.78 Å². The number of carbonyl (C=O) groups is 2. The lowest BCUT2D eigenvalue weighted by atomic mass is 9.97. The van der Waals surface area contributed by atoms with Crippen molar-refractivity contribution in [2.24, 2.45) is 0 Å². The summed E-state index contributed by atoms with van der Waals surface area (Å²) in [6, 6.07) is 11.0. The number of aromatic nitrogens is 1. The van der Waals surface area contributed by atoms with E-state index in [0.29, 0.717) is 5.69 Å². The van der Waals surface area contributed by atoms with E-state index in [4.69, 9.17) is 11.6 Å². The number of hydrogen-bond donors (Lipinski definition) is 1. The number of carbonyl (C=O) groups excluding carboxylic acids is 2. The number of ketones is 2. The zero-order chi connectivity index (χ0) is 19.0. The quantitative estimate of drug-likeness (QED) is 0.880. The van der Waals surface area contributed by atoms with E-state index in [1.165, 1.54) is 6.20 Å². The number of pyridine rings is 1. The third-order valence-corrected chi connectivity index (χ3v) is 5.28. The first-order valence-corrected chi connectivity index (χ1v) is 9.17. The standard InChI is InChI=1S/C20H19ClN4O2/c1-24-9-11-25(12-10-24)14-6-4-13(5-7-14)23-18-16(21)20(27)17-15(19(18)26)3-2-8-22-17/h2-8,23H,9-12H2,1H3. The number of allylic oxidation sites excluding steroid dienone is 2. The Morgan fingerprint density at radius 2 is 1.70 bits per heavy atom. The monoisotopic (exact) mass is 382 g/mol. The van der Waals surface area contributed by atoms with E-state index in [9.17, 15) is 9.59 Å². The van der Waals surface area contributed by atoms with Crippen LogP contribution in [0.2, 0.25) is 0 Å². The number of nitrogens with one attached hydrogen (secondary N) is 1. The van der Waals surface area contributed by atoms with Gasteiger partial charge in [0.25, 0.3) is 0 Å². The van der Waals surface area contributed by atoms with Crippen LogP contribution in [-0.4, -0.2) is 54.7 Å². The first kappa shape index (κ1) is 17.7. The number of likely N-dealkylation sites (N-methyl/N-ethyl adjacent to an activating group) is 1. The van der Waals surface area contributed by atoms with Crippen molar-refractivity contribution in [3.63, 3.8) is 0 Å². The number of Topliss-reactive ketones (excluding diaryl/α,β-unsaturated/α-hetero) is 2. The fourth-order valence-electron chi connectivity index (χ4n) is 3.30. The molecule has 1 aliphatic heterocycles. The molecule has 138 valence electrons. The molecule has 0 amide bonds. The molecule has 0 spiro atoms. The summed E-state index contributed by atoms with van der Waals surface area (Å²) >= 11 is 6.17. The van der Waals surface area contributed by atoms with Crippen LogP contribution < -0.4 is 10.2 Å². The number of benzene rings is 1. The summed E-state index contributed by atoms with van der Waals surface area (Å²) in [6.45, 7) is 4.03. The highest BCUT2D eigenvalue weighted by Crippen LogP contribution is 2.29. The van der Waals surface area contributed by atoms with Crippen LogP contribution in [0.3, 0.4) is 0 Å². The molecule has 1 aromatic carbocycles. The Labute approximate surface area is 162 Å². The molecular weight excluding hydrogens is 364 g/mol. The Balaban J connectivity index is 1.55. The van der Waals surface area contributed by atoms with Crippen molar-refractivity contribution in [3.05, 3.63) is 64.6 Å². The molecule has 1 fully saturated rings. The lowest BCUT2D eigenvalue weighted by Crippen LogP contribution is -2.44. The SMILES string of the molecule is CN1CCN(c2ccc(NC3=C(Cl)C(=O)c4ncccc4C3=O)cc2)CC1. The van der Waals surface area contributed by atoms with Crippen LogP contribution in [0.15, 0.2) is 53.3 Å². The molecule has 4 rings (SSSR count). The number of fused-ring (bicyclic) bond motifs is 1. The second-order valence-electron chi connectivity index (χ2n) is 6.71. The summed E-state index contributed by atoms with van der Waals surface area (Å²) in [7, 11) is 2.12. The highest BCUT2D eigenvalue weighted by molar-refractivity contribution is 6.50. The second-order valence-corrected chi connectivity index (χ2v) is 7.09. The van der Waals surface area contributed by atoms with Crippen molar-refractivity contribution < 1.29 is 9.59 Å². The maximum atomic E-state index is 12.7. The normalized spacial score (nSPS) is 17.9. The van der Waals surface area contributed by atoms with Crippen molar-refractivity contribution in [2.45, 2.75) is 0 Å². The molecule has 27 heavy (non-hydrogen) atoms. The van der Waals surface area contributed by atoms with Gasteiger partial charge in [-0.3, -0.25) is 14.6 Å². The van der Waals surface area contributed by atoms with Gasteiger partial charge < -0.3 is 15.1 Å². The molecule has 2 heterocycles. The molecule has 6 nitrogen and oxygen atoms in total. The van der Waals surface area contributed by atoms with Crippen LogP contribution in [0, 0.1) is 0 Å². The zero-order valence-corrected chi connectivity index (χ0v) is 15.7. The van der Waals surface area contributed by atoms with Gasteiger partial charge in [-0.25, -0.2) is 0 Å². The number of anilines is 2. The first-order valence-electron chi connectivity index (χ1n) is 8.79. The van der Waals surface area contributed by atoms with Gasteiger partial charge >= 0.3 is 0 Å². The number of piperazine rings is 1. The lowest BCUT2D eigenvalue weighted by molar-refractivity contribution is 0.0978. The summed E-state index contributed by atoms with van der Waals surface area (Å²) in [6.07, 6.45) is 1.48. The maximum Gasteiger partial charge on any atom is 0.225 e. The summed E-state index contributed by atoms with van der Waals surface area (Å²) in [5.41, 5.74) is 2.30. The number of rotatable bonds is 3. The Hall–Kier alpha value is -2.70. The summed E-state index contributed by atoms with van der Waals surface area (Å²) in [5, 5.41) is 2.88. The lowest BCUT2D eigenvalue weighted by Gasteiger charge is -2.34. The van der Waals surface area contributed by atoms with Crippen LogP contribution in [0.4, 0.5) is 11.4 Å². The Morgan fingerprint density at radius 3 is 2.41 bits per heavy atom. The molecule has 0 unspecified atom stereocenters. The van der Waals surface area contributed by atoms with Gasteiger partial charge in [-0.2, -0.15) is 0 Å². The van der Waals surface area contributed by atoms with Gasteiger partial charge in [0.2, 0.25) is 11.6 Å². The maximum absolute atomic E-state index is 12.7. The van der Waals surface area contributed by atoms with Gasteiger partial charge in [0.15, 0.2) is 0 Å². The van der Waals surface area contributed by atoms with E-state index in [-0.39, 0.29) is 27.8 Å². The topological polar surface area (TPSA) is 65.5 Å². The molecule has 0 saturated carbocycles. The number of nitrogens with zero attached hydrogens (tertiary/aromatic N) is 3. The van der Waals surface area contributed by atoms with Crippen LogP contribution in [0.5, 0.6) is 0 Å². The average Bonchev–Trinajstić information content (AvgIpc) is 2.71. The predicted molar refractivity (Wildman–Crippen MR) is 106 cm³/mol. The molecule has 2 aliphatic rings. The van der Waals surface area contributed by atoms with Crippen LogP contribution in [0.1, 0.15) is 20.8 Å². The predicted octanol–water partition coefficient (Wildman–Crippen LogP) is 2.77. The molecule has 0 radical (unpaired) electrons. The van der Waals surface area contributed by atoms with Crippen molar-refractivity contribution in [3.8, 4) is 0 Å². The molecule has 7 heteroatoms. The fourth-order valence-corrected chi connectivity index (χ4v) is 3.52. The third kappa shape index (κ3) is 3.34. The minimum absolute atomic E-state index is 0.0921. The van der Waals surface area contributed by atoms with E-state index in [1.54, 1.807) is 12.1 Å². The minimum Gasteiger partial charge on any atom is -0.369 e. The van der Waals surface area contributed by atoms with Crippen molar-refractivity contribution >= 4 is 34.5 Å². The second kappa shape index (κ2) is 7.13. The summed E-state index contributed by atoms with van der Waals surface area (Å²) < 4.78 is 0. The minimum atomic E-state index is -0.441. The van der Waals surface area contributed by atoms with Crippen molar-refractivity contribution in [1.29, 1.82) is 0 Å². The molecule has 1 N–H and O–H groups in total. The van der Waals surface area contributed by atoms with E-state index >= 15 is 0 Å².